The Kier molecular flexibility index (Phi) is 3.84. The number of thiazole rings is 1. The Morgan fingerprint density at radius 2 is 2.10 bits per heavy atom. The molecule has 0 spiro atoms. The average molecular weight is 299 g/mol. The van der Waals surface area contributed by atoms with E-state index in [0.717, 1.165) is 33.8 Å². The number of hydrogen-bond acceptors (Lipinski definition) is 4. The van der Waals surface area contributed by atoms with Gasteiger partial charge in [0.15, 0.2) is 0 Å². The van der Waals surface area contributed by atoms with Gasteiger partial charge in [-0.05, 0) is 19.9 Å². The molecule has 1 aromatic carbocycles. The van der Waals surface area contributed by atoms with E-state index in [4.69, 9.17) is 0 Å². The molecule has 3 rings (SSSR count). The molecule has 2 aromatic heterocycles. The first-order chi connectivity index (χ1) is 10.2. The second-order valence-corrected chi connectivity index (χ2v) is 6.09. The number of benzene rings is 1. The van der Waals surface area contributed by atoms with Crippen molar-refractivity contribution in [1.82, 2.24) is 14.8 Å². The molecule has 0 N–H and O–H groups in total. The molecule has 0 saturated heterocycles. The normalized spacial score (nSPS) is 11.1. The molecule has 0 fully saturated rings. The van der Waals surface area contributed by atoms with Crippen molar-refractivity contribution in [3.05, 3.63) is 46.0 Å². The quantitative estimate of drug-likeness (QED) is 0.727. The molecule has 0 amide bonds. The SMILES string of the molecule is CCn1nc(CC(=O)Cc2csc(C)n2)c2ccccc21. The van der Waals surface area contributed by atoms with E-state index >= 15 is 0 Å². The average Bonchev–Trinajstić information content (AvgIpc) is 3.03. The zero-order valence-electron chi connectivity index (χ0n) is 12.2. The molecule has 0 bridgehead atoms. The lowest BCUT2D eigenvalue weighted by atomic mass is 10.1. The summed E-state index contributed by atoms with van der Waals surface area (Å²) in [5, 5.41) is 8.60. The molecule has 0 aliphatic carbocycles. The number of fused-ring (bicyclic) bond motifs is 1. The van der Waals surface area contributed by atoms with Crippen molar-refractivity contribution in [2.75, 3.05) is 0 Å². The third-order valence-corrected chi connectivity index (χ3v) is 4.27. The molecular weight excluding hydrogens is 282 g/mol. The number of hydrogen-bond donors (Lipinski definition) is 0. The van der Waals surface area contributed by atoms with Gasteiger partial charge in [-0.1, -0.05) is 18.2 Å². The van der Waals surface area contributed by atoms with Crippen molar-refractivity contribution in [1.29, 1.82) is 0 Å². The second kappa shape index (κ2) is 5.77. The molecule has 0 unspecified atom stereocenters. The first kappa shape index (κ1) is 13.9. The lowest BCUT2D eigenvalue weighted by molar-refractivity contribution is -0.117. The van der Waals surface area contributed by atoms with Gasteiger partial charge in [0.05, 0.1) is 28.3 Å². The Labute approximate surface area is 127 Å². The standard InChI is InChI=1S/C16H17N3OS/c1-3-19-16-7-5-4-6-14(16)15(18-19)9-13(20)8-12-10-21-11(2)17-12/h4-7,10H,3,8-9H2,1-2H3. The molecule has 2 heterocycles. The van der Waals surface area contributed by atoms with Crippen molar-refractivity contribution in [3.8, 4) is 0 Å². The fourth-order valence-electron chi connectivity index (χ4n) is 2.51. The third kappa shape index (κ3) is 2.88. The van der Waals surface area contributed by atoms with Crippen LogP contribution < -0.4 is 0 Å². The lowest BCUT2D eigenvalue weighted by Gasteiger charge is -1.97. The first-order valence-corrected chi connectivity index (χ1v) is 7.92. The van der Waals surface area contributed by atoms with Crippen LogP contribution in [0.4, 0.5) is 0 Å². The van der Waals surface area contributed by atoms with E-state index in [0.29, 0.717) is 12.8 Å². The number of rotatable bonds is 5. The van der Waals surface area contributed by atoms with E-state index < -0.39 is 0 Å². The van der Waals surface area contributed by atoms with Gasteiger partial charge < -0.3 is 0 Å². The monoisotopic (exact) mass is 299 g/mol. The van der Waals surface area contributed by atoms with Crippen molar-refractivity contribution in [2.45, 2.75) is 33.2 Å². The first-order valence-electron chi connectivity index (χ1n) is 7.04. The van der Waals surface area contributed by atoms with E-state index in [9.17, 15) is 4.79 Å². The fraction of sp³-hybridized carbons (Fsp3) is 0.312. The Bertz CT molecular complexity index is 788. The second-order valence-electron chi connectivity index (χ2n) is 5.03. The van der Waals surface area contributed by atoms with E-state index in [2.05, 4.69) is 17.0 Å². The lowest BCUT2D eigenvalue weighted by Crippen LogP contribution is -2.08. The minimum Gasteiger partial charge on any atom is -0.299 e. The van der Waals surface area contributed by atoms with Gasteiger partial charge in [-0.2, -0.15) is 5.10 Å². The number of nitrogens with zero attached hydrogens (tertiary/aromatic N) is 3. The zero-order valence-corrected chi connectivity index (χ0v) is 13.0. The van der Waals surface area contributed by atoms with E-state index in [1.54, 1.807) is 11.3 Å². The van der Waals surface area contributed by atoms with Gasteiger partial charge in [0.1, 0.15) is 5.78 Å². The Hall–Kier alpha value is -2.01. The predicted molar refractivity (Wildman–Crippen MR) is 84.7 cm³/mol. The highest BCUT2D eigenvalue weighted by atomic mass is 32.1. The number of aromatic nitrogens is 3. The fourth-order valence-corrected chi connectivity index (χ4v) is 3.12. The van der Waals surface area contributed by atoms with Crippen molar-refractivity contribution < 1.29 is 4.79 Å². The topological polar surface area (TPSA) is 47.8 Å². The summed E-state index contributed by atoms with van der Waals surface area (Å²) in [6.07, 6.45) is 0.752. The molecule has 0 aliphatic heterocycles. The maximum absolute atomic E-state index is 12.2. The molecule has 0 radical (unpaired) electrons. The van der Waals surface area contributed by atoms with Gasteiger partial charge in [0, 0.05) is 23.7 Å². The van der Waals surface area contributed by atoms with Crippen LogP contribution in [-0.4, -0.2) is 20.5 Å². The van der Waals surface area contributed by atoms with Gasteiger partial charge in [-0.15, -0.1) is 11.3 Å². The van der Waals surface area contributed by atoms with Gasteiger partial charge in [0.25, 0.3) is 0 Å². The maximum atomic E-state index is 12.2. The molecule has 0 aliphatic rings. The summed E-state index contributed by atoms with van der Waals surface area (Å²) in [5.41, 5.74) is 2.82. The molecule has 4 nitrogen and oxygen atoms in total. The van der Waals surface area contributed by atoms with Crippen LogP contribution in [-0.2, 0) is 24.2 Å². The highest BCUT2D eigenvalue weighted by Gasteiger charge is 2.14. The van der Waals surface area contributed by atoms with Gasteiger partial charge in [-0.25, -0.2) is 4.98 Å². The number of carbonyl (C=O) groups excluding carboxylic acids is 1. The smallest absolute Gasteiger partial charge is 0.144 e. The van der Waals surface area contributed by atoms with Crippen LogP contribution in [0.5, 0.6) is 0 Å². The van der Waals surface area contributed by atoms with Crippen LogP contribution in [0.25, 0.3) is 10.9 Å². The molecule has 21 heavy (non-hydrogen) atoms. The third-order valence-electron chi connectivity index (χ3n) is 3.44. The predicted octanol–water partition coefficient (Wildman–Crippen LogP) is 3.18. The summed E-state index contributed by atoms with van der Waals surface area (Å²) < 4.78 is 1.95. The van der Waals surface area contributed by atoms with Gasteiger partial charge in [0.2, 0.25) is 0 Å². The van der Waals surface area contributed by atoms with Crippen LogP contribution in [0.3, 0.4) is 0 Å². The Morgan fingerprint density at radius 1 is 1.29 bits per heavy atom. The highest BCUT2D eigenvalue weighted by Crippen LogP contribution is 2.19. The zero-order chi connectivity index (χ0) is 14.8. The van der Waals surface area contributed by atoms with E-state index in [1.165, 1.54) is 0 Å². The van der Waals surface area contributed by atoms with Crippen LogP contribution in [0.15, 0.2) is 29.6 Å². The minimum atomic E-state index is 0.159. The van der Waals surface area contributed by atoms with Crippen LogP contribution >= 0.6 is 11.3 Å². The van der Waals surface area contributed by atoms with Gasteiger partial charge >= 0.3 is 0 Å². The van der Waals surface area contributed by atoms with E-state index in [-0.39, 0.29) is 5.78 Å². The van der Waals surface area contributed by atoms with Crippen molar-refractivity contribution >= 4 is 28.0 Å². The summed E-state index contributed by atoms with van der Waals surface area (Å²) in [6.45, 7) is 4.82. The van der Waals surface area contributed by atoms with Crippen LogP contribution in [0, 0.1) is 6.92 Å². The largest absolute Gasteiger partial charge is 0.299 e. The number of para-hydroxylation sites is 1. The molecule has 0 saturated carbocycles. The highest BCUT2D eigenvalue weighted by molar-refractivity contribution is 7.09. The molecular formula is C16H17N3OS. The van der Waals surface area contributed by atoms with Crippen molar-refractivity contribution in [3.63, 3.8) is 0 Å². The number of Topliss-reactive ketones (excluding diaryl/α,β-unsaturated/α-hetero) is 1. The summed E-state index contributed by atoms with van der Waals surface area (Å²) in [4.78, 5) is 16.6. The number of carbonyl (C=O) groups is 1. The van der Waals surface area contributed by atoms with E-state index in [1.807, 2.05) is 41.3 Å². The number of aryl methyl sites for hydroxylation is 2. The van der Waals surface area contributed by atoms with Crippen LogP contribution in [0.2, 0.25) is 0 Å². The molecule has 3 aromatic rings. The summed E-state index contributed by atoms with van der Waals surface area (Å²) in [5.74, 6) is 0.159. The molecule has 0 atom stereocenters. The van der Waals surface area contributed by atoms with Crippen LogP contribution in [0.1, 0.15) is 23.3 Å². The maximum Gasteiger partial charge on any atom is 0.144 e. The van der Waals surface area contributed by atoms with Crippen molar-refractivity contribution in [2.24, 2.45) is 0 Å². The summed E-state index contributed by atoms with van der Waals surface area (Å²) in [7, 11) is 0. The summed E-state index contributed by atoms with van der Waals surface area (Å²) >= 11 is 1.58. The number of ketones is 1. The minimum absolute atomic E-state index is 0.159. The summed E-state index contributed by atoms with van der Waals surface area (Å²) in [6, 6.07) is 8.06. The Morgan fingerprint density at radius 3 is 2.81 bits per heavy atom. The van der Waals surface area contributed by atoms with Gasteiger partial charge in [-0.3, -0.25) is 9.48 Å². The molecule has 108 valence electrons. The Balaban J connectivity index is 1.83. The molecule has 5 heteroatoms.